The molecule has 34 heavy (non-hydrogen) atoms. The average Bonchev–Trinajstić information content (AvgIpc) is 2.84. The summed E-state index contributed by atoms with van der Waals surface area (Å²) in [7, 11) is 0. The van der Waals surface area contributed by atoms with Crippen LogP contribution in [0.15, 0.2) is 72.8 Å². The van der Waals surface area contributed by atoms with Gasteiger partial charge in [-0.05, 0) is 55.3 Å². The third-order valence-electron chi connectivity index (χ3n) is 5.66. The molecule has 0 aliphatic carbocycles. The van der Waals surface area contributed by atoms with Gasteiger partial charge in [0.2, 0.25) is 0 Å². The highest BCUT2D eigenvalue weighted by atomic mass is 19.1. The number of carbonyl (C=O) groups excluding carboxylic acids is 1. The van der Waals surface area contributed by atoms with Gasteiger partial charge in [0.25, 0.3) is 0 Å². The summed E-state index contributed by atoms with van der Waals surface area (Å²) >= 11 is 0. The SMILES string of the molecule is CCCCOC(=O)c1cccc(NC(c2ccc(F)cc2)c2ccc3ccc(C)nc3c2O)c1. The fraction of sp³-hybridized carbons (Fsp3) is 0.214. The number of fused-ring (bicyclic) bond motifs is 1. The summed E-state index contributed by atoms with van der Waals surface area (Å²) < 4.78 is 19.0. The minimum absolute atomic E-state index is 0.0538. The Bertz CT molecular complexity index is 1310. The van der Waals surface area contributed by atoms with Crippen LogP contribution in [0.2, 0.25) is 0 Å². The van der Waals surface area contributed by atoms with Crippen molar-refractivity contribution in [2.75, 3.05) is 11.9 Å². The van der Waals surface area contributed by atoms with Crippen LogP contribution in [-0.4, -0.2) is 22.7 Å². The number of halogens is 1. The molecule has 1 heterocycles. The number of hydrogen-bond acceptors (Lipinski definition) is 5. The van der Waals surface area contributed by atoms with Gasteiger partial charge in [-0.2, -0.15) is 0 Å². The third-order valence-corrected chi connectivity index (χ3v) is 5.66. The van der Waals surface area contributed by atoms with Gasteiger partial charge in [-0.3, -0.25) is 0 Å². The van der Waals surface area contributed by atoms with E-state index in [2.05, 4.69) is 10.3 Å². The fourth-order valence-corrected chi connectivity index (χ4v) is 3.81. The van der Waals surface area contributed by atoms with Crippen LogP contribution in [0.5, 0.6) is 5.75 Å². The molecule has 1 unspecified atom stereocenters. The maximum Gasteiger partial charge on any atom is 0.338 e. The molecule has 0 bridgehead atoms. The van der Waals surface area contributed by atoms with E-state index < -0.39 is 6.04 Å². The maximum atomic E-state index is 13.6. The molecule has 4 aromatic rings. The van der Waals surface area contributed by atoms with Crippen molar-refractivity contribution in [3.05, 3.63) is 101 Å². The molecule has 0 saturated heterocycles. The minimum atomic E-state index is -0.515. The van der Waals surface area contributed by atoms with Crippen LogP contribution in [0.1, 0.15) is 53.0 Å². The van der Waals surface area contributed by atoms with E-state index in [1.165, 1.54) is 12.1 Å². The van der Waals surface area contributed by atoms with Crippen molar-refractivity contribution < 1.29 is 19.0 Å². The van der Waals surface area contributed by atoms with Crippen LogP contribution in [0.4, 0.5) is 10.1 Å². The number of esters is 1. The van der Waals surface area contributed by atoms with Crippen molar-refractivity contribution in [3.8, 4) is 5.75 Å². The molecule has 2 N–H and O–H groups in total. The number of pyridine rings is 1. The molecule has 0 radical (unpaired) electrons. The molecule has 0 aliphatic heterocycles. The molecular formula is C28H27FN2O3. The zero-order chi connectivity index (χ0) is 24.1. The lowest BCUT2D eigenvalue weighted by atomic mass is 9.95. The number of nitrogens with zero attached hydrogens (tertiary/aromatic N) is 1. The number of aromatic hydroxyl groups is 1. The monoisotopic (exact) mass is 458 g/mol. The molecule has 0 saturated carbocycles. The molecule has 1 aromatic heterocycles. The van der Waals surface area contributed by atoms with Crippen LogP contribution >= 0.6 is 0 Å². The van der Waals surface area contributed by atoms with Crippen molar-refractivity contribution in [3.63, 3.8) is 0 Å². The second-order valence-electron chi connectivity index (χ2n) is 8.23. The van der Waals surface area contributed by atoms with Gasteiger partial charge in [0.05, 0.1) is 18.2 Å². The lowest BCUT2D eigenvalue weighted by molar-refractivity contribution is 0.0500. The van der Waals surface area contributed by atoms with Gasteiger partial charge in [-0.1, -0.05) is 49.7 Å². The fourth-order valence-electron chi connectivity index (χ4n) is 3.81. The number of phenols is 1. The van der Waals surface area contributed by atoms with Crippen molar-refractivity contribution in [1.29, 1.82) is 0 Å². The first-order valence-electron chi connectivity index (χ1n) is 11.3. The first kappa shape index (κ1) is 23.2. The molecule has 3 aromatic carbocycles. The first-order chi connectivity index (χ1) is 16.5. The summed E-state index contributed by atoms with van der Waals surface area (Å²) in [4.78, 5) is 16.9. The van der Waals surface area contributed by atoms with Crippen LogP contribution < -0.4 is 5.32 Å². The second kappa shape index (κ2) is 10.3. The van der Waals surface area contributed by atoms with Crippen LogP contribution in [0, 0.1) is 12.7 Å². The van der Waals surface area contributed by atoms with E-state index in [-0.39, 0.29) is 17.5 Å². The summed E-state index contributed by atoms with van der Waals surface area (Å²) in [6.07, 6.45) is 1.75. The molecule has 0 fully saturated rings. The third kappa shape index (κ3) is 5.17. The second-order valence-corrected chi connectivity index (χ2v) is 8.23. The molecule has 174 valence electrons. The van der Waals surface area contributed by atoms with E-state index in [0.717, 1.165) is 29.5 Å². The number of aryl methyl sites for hydroxylation is 1. The number of carbonyl (C=O) groups is 1. The minimum Gasteiger partial charge on any atom is -0.505 e. The number of anilines is 1. The van der Waals surface area contributed by atoms with E-state index >= 15 is 0 Å². The number of ether oxygens (including phenoxy) is 1. The van der Waals surface area contributed by atoms with Crippen molar-refractivity contribution in [2.24, 2.45) is 0 Å². The van der Waals surface area contributed by atoms with E-state index in [0.29, 0.717) is 28.9 Å². The van der Waals surface area contributed by atoms with E-state index in [1.807, 2.05) is 44.2 Å². The predicted molar refractivity (Wildman–Crippen MR) is 132 cm³/mol. The lowest BCUT2D eigenvalue weighted by Crippen LogP contribution is -2.14. The smallest absolute Gasteiger partial charge is 0.338 e. The van der Waals surface area contributed by atoms with Gasteiger partial charge in [-0.15, -0.1) is 0 Å². The topological polar surface area (TPSA) is 71.5 Å². The molecule has 6 heteroatoms. The Morgan fingerprint density at radius 3 is 2.62 bits per heavy atom. The summed E-state index contributed by atoms with van der Waals surface area (Å²) in [5.74, 6) is -0.679. The number of nitrogens with one attached hydrogen (secondary N) is 1. The highest BCUT2D eigenvalue weighted by Gasteiger charge is 2.21. The first-order valence-corrected chi connectivity index (χ1v) is 11.3. The Hall–Kier alpha value is -3.93. The van der Waals surface area contributed by atoms with Crippen molar-refractivity contribution in [1.82, 2.24) is 4.98 Å². The number of phenolic OH excluding ortho intramolecular Hbond substituents is 1. The average molecular weight is 459 g/mol. The lowest BCUT2D eigenvalue weighted by Gasteiger charge is -2.23. The summed E-state index contributed by atoms with van der Waals surface area (Å²) in [5, 5.41) is 15.4. The molecule has 1 atom stereocenters. The number of unbranched alkanes of at least 4 members (excludes halogenated alkanes) is 1. The van der Waals surface area contributed by atoms with Crippen LogP contribution in [-0.2, 0) is 4.74 Å². The zero-order valence-electron chi connectivity index (χ0n) is 19.2. The standard InChI is InChI=1S/C28H27FN2O3/c1-3-4-16-34-28(33)21-6-5-7-23(17-21)31-25(19-10-13-22(29)14-11-19)24-15-12-20-9-8-18(2)30-26(20)27(24)32/h5-15,17,25,31-32H,3-4,16H2,1-2H3. The van der Waals surface area contributed by atoms with Crippen molar-refractivity contribution >= 4 is 22.6 Å². The Balaban J connectivity index is 1.72. The van der Waals surface area contributed by atoms with Crippen molar-refractivity contribution in [2.45, 2.75) is 32.7 Å². The molecule has 4 rings (SSSR count). The number of hydrogen-bond donors (Lipinski definition) is 2. The van der Waals surface area contributed by atoms with Gasteiger partial charge in [0.15, 0.2) is 0 Å². The molecular weight excluding hydrogens is 431 g/mol. The van der Waals surface area contributed by atoms with Gasteiger partial charge >= 0.3 is 5.97 Å². The normalized spacial score (nSPS) is 11.9. The van der Waals surface area contributed by atoms with E-state index in [1.54, 1.807) is 30.3 Å². The summed E-state index contributed by atoms with van der Waals surface area (Å²) in [6.45, 7) is 4.28. The highest BCUT2D eigenvalue weighted by Crippen LogP contribution is 2.37. The Morgan fingerprint density at radius 1 is 1.09 bits per heavy atom. The molecule has 0 aliphatic rings. The van der Waals surface area contributed by atoms with E-state index in [4.69, 9.17) is 4.74 Å². The van der Waals surface area contributed by atoms with Gasteiger partial charge in [0.1, 0.15) is 17.1 Å². The van der Waals surface area contributed by atoms with Crippen LogP contribution in [0.25, 0.3) is 10.9 Å². The largest absolute Gasteiger partial charge is 0.505 e. The Labute approximate surface area is 198 Å². The summed E-state index contributed by atoms with van der Waals surface area (Å²) in [5.41, 5.74) is 3.72. The van der Waals surface area contributed by atoms with Gasteiger partial charge in [-0.25, -0.2) is 14.2 Å². The number of aromatic nitrogens is 1. The number of benzene rings is 3. The Morgan fingerprint density at radius 2 is 1.85 bits per heavy atom. The maximum absolute atomic E-state index is 13.6. The van der Waals surface area contributed by atoms with Gasteiger partial charge in [0, 0.05) is 22.3 Å². The highest BCUT2D eigenvalue weighted by molar-refractivity contribution is 5.90. The predicted octanol–water partition coefficient (Wildman–Crippen LogP) is 6.55. The Kier molecular flexibility index (Phi) is 7.07. The molecule has 5 nitrogen and oxygen atoms in total. The quantitative estimate of drug-likeness (QED) is 0.232. The zero-order valence-corrected chi connectivity index (χ0v) is 19.2. The van der Waals surface area contributed by atoms with E-state index in [9.17, 15) is 14.3 Å². The molecule has 0 amide bonds. The van der Waals surface area contributed by atoms with Gasteiger partial charge < -0.3 is 15.2 Å². The summed E-state index contributed by atoms with van der Waals surface area (Å²) in [6, 6.07) is 20.1. The number of rotatable bonds is 8. The molecule has 0 spiro atoms. The van der Waals surface area contributed by atoms with Crippen LogP contribution in [0.3, 0.4) is 0 Å².